The Kier molecular flexibility index (Phi) is 2.75. The average molecular weight is 230 g/mol. The van der Waals surface area contributed by atoms with Gasteiger partial charge in [0.15, 0.2) is 0 Å². The number of hydrogen-bond acceptors (Lipinski definition) is 3. The summed E-state index contributed by atoms with van der Waals surface area (Å²) >= 11 is 0. The van der Waals surface area contributed by atoms with Crippen molar-refractivity contribution in [2.75, 3.05) is 18.5 Å². The fourth-order valence-corrected chi connectivity index (χ4v) is 2.63. The second-order valence-electron chi connectivity index (χ2n) is 4.95. The van der Waals surface area contributed by atoms with Crippen LogP contribution in [0.15, 0.2) is 23.2 Å². The average Bonchev–Trinajstić information content (AvgIpc) is 2.82. The molecule has 0 spiro atoms. The van der Waals surface area contributed by atoms with E-state index in [1.54, 1.807) is 0 Å². The van der Waals surface area contributed by atoms with Gasteiger partial charge < -0.3 is 10.1 Å². The van der Waals surface area contributed by atoms with Crippen LogP contribution in [0.25, 0.3) is 0 Å². The highest BCUT2D eigenvalue weighted by molar-refractivity contribution is 5.90. The summed E-state index contributed by atoms with van der Waals surface area (Å²) in [5, 5.41) is 3.31. The third-order valence-corrected chi connectivity index (χ3v) is 3.56. The Morgan fingerprint density at radius 3 is 3.18 bits per heavy atom. The summed E-state index contributed by atoms with van der Waals surface area (Å²) in [5.74, 6) is 0.804. The Balaban J connectivity index is 1.87. The number of nitrogens with one attached hydrogen (secondary N) is 1. The molecule has 3 rings (SSSR count). The lowest BCUT2D eigenvalue weighted by Gasteiger charge is -2.24. The maximum Gasteiger partial charge on any atom is 0.289 e. The van der Waals surface area contributed by atoms with Gasteiger partial charge in [0.25, 0.3) is 6.02 Å². The lowest BCUT2D eigenvalue weighted by molar-refractivity contribution is 0.346. The predicted molar refractivity (Wildman–Crippen MR) is 69.5 cm³/mol. The van der Waals surface area contributed by atoms with Crippen LogP contribution in [0.1, 0.15) is 24.5 Å². The maximum absolute atomic E-state index is 5.41. The van der Waals surface area contributed by atoms with Crippen molar-refractivity contribution in [3.05, 3.63) is 29.3 Å². The smallest absolute Gasteiger partial charge is 0.289 e. The van der Waals surface area contributed by atoms with Gasteiger partial charge in [0, 0.05) is 5.69 Å². The summed E-state index contributed by atoms with van der Waals surface area (Å²) in [6, 6.07) is 7.17. The minimum absolute atomic E-state index is 0.678. The quantitative estimate of drug-likeness (QED) is 0.804. The van der Waals surface area contributed by atoms with E-state index in [0.717, 1.165) is 18.9 Å². The van der Waals surface area contributed by atoms with Gasteiger partial charge >= 0.3 is 0 Å². The van der Waals surface area contributed by atoms with Crippen molar-refractivity contribution >= 4 is 11.7 Å². The lowest BCUT2D eigenvalue weighted by atomic mass is 9.84. The summed E-state index contributed by atoms with van der Waals surface area (Å²) in [5.41, 5.74) is 4.10. The van der Waals surface area contributed by atoms with Crippen molar-refractivity contribution in [1.29, 1.82) is 0 Å². The first-order valence-corrected chi connectivity index (χ1v) is 6.38. The van der Waals surface area contributed by atoms with Gasteiger partial charge in [-0.15, -0.1) is 0 Å². The van der Waals surface area contributed by atoms with Gasteiger partial charge in [0.1, 0.15) is 6.61 Å². The minimum atomic E-state index is 0.678. The maximum atomic E-state index is 5.41. The van der Waals surface area contributed by atoms with Crippen LogP contribution >= 0.6 is 0 Å². The summed E-state index contributed by atoms with van der Waals surface area (Å²) < 4.78 is 5.41. The molecule has 90 valence electrons. The standard InChI is InChI=1S/C14H18N2O/c1-10-5-6-12-11(9-10)3-2-4-13(12)16-14-15-7-8-17-14/h2-4,10H,5-9H2,1H3,(H,15,16). The van der Waals surface area contributed by atoms with E-state index in [1.165, 1.54) is 29.7 Å². The third-order valence-electron chi connectivity index (χ3n) is 3.56. The first-order valence-electron chi connectivity index (χ1n) is 6.38. The number of fused-ring (bicyclic) bond motifs is 1. The highest BCUT2D eigenvalue weighted by Gasteiger charge is 2.18. The molecular formula is C14H18N2O. The highest BCUT2D eigenvalue weighted by atomic mass is 16.5. The highest BCUT2D eigenvalue weighted by Crippen LogP contribution is 2.30. The molecule has 17 heavy (non-hydrogen) atoms. The second-order valence-corrected chi connectivity index (χ2v) is 4.95. The predicted octanol–water partition coefficient (Wildman–Crippen LogP) is 2.61. The molecule has 0 radical (unpaired) electrons. The zero-order chi connectivity index (χ0) is 11.7. The van der Waals surface area contributed by atoms with Crippen LogP contribution < -0.4 is 5.32 Å². The topological polar surface area (TPSA) is 33.6 Å². The molecule has 3 heteroatoms. The largest absolute Gasteiger partial charge is 0.463 e. The van der Waals surface area contributed by atoms with Crippen LogP contribution in [0, 0.1) is 5.92 Å². The number of amidine groups is 1. The Morgan fingerprint density at radius 2 is 2.35 bits per heavy atom. The van der Waals surface area contributed by atoms with Crippen molar-refractivity contribution in [3.8, 4) is 0 Å². The van der Waals surface area contributed by atoms with Crippen LogP contribution in [-0.4, -0.2) is 19.2 Å². The molecule has 3 nitrogen and oxygen atoms in total. The zero-order valence-corrected chi connectivity index (χ0v) is 10.2. The van der Waals surface area contributed by atoms with Crippen LogP contribution in [0.4, 0.5) is 5.69 Å². The fourth-order valence-electron chi connectivity index (χ4n) is 2.63. The molecular weight excluding hydrogens is 212 g/mol. The molecule has 0 saturated carbocycles. The van der Waals surface area contributed by atoms with Gasteiger partial charge in [0.2, 0.25) is 0 Å². The zero-order valence-electron chi connectivity index (χ0n) is 10.2. The van der Waals surface area contributed by atoms with Crippen molar-refractivity contribution < 1.29 is 4.74 Å². The number of nitrogens with zero attached hydrogens (tertiary/aromatic N) is 1. The molecule has 0 amide bonds. The number of anilines is 1. The van der Waals surface area contributed by atoms with E-state index in [0.29, 0.717) is 12.6 Å². The lowest BCUT2D eigenvalue weighted by Crippen LogP contribution is -2.17. The summed E-state index contributed by atoms with van der Waals surface area (Å²) in [4.78, 5) is 4.28. The Morgan fingerprint density at radius 1 is 1.41 bits per heavy atom. The number of ether oxygens (including phenoxy) is 1. The van der Waals surface area contributed by atoms with Gasteiger partial charge in [-0.2, -0.15) is 0 Å². The minimum Gasteiger partial charge on any atom is -0.463 e. The first-order chi connectivity index (χ1) is 8.33. The summed E-state index contributed by atoms with van der Waals surface area (Å²) in [6.07, 6.45) is 3.63. The van der Waals surface area contributed by atoms with Gasteiger partial charge in [-0.05, 0) is 42.4 Å². The van der Waals surface area contributed by atoms with Crippen LogP contribution in [0.2, 0.25) is 0 Å². The van der Waals surface area contributed by atoms with E-state index < -0.39 is 0 Å². The van der Waals surface area contributed by atoms with E-state index in [2.05, 4.69) is 35.4 Å². The molecule has 1 aliphatic carbocycles. The third kappa shape index (κ3) is 2.14. The van der Waals surface area contributed by atoms with Gasteiger partial charge in [-0.1, -0.05) is 19.1 Å². The SMILES string of the molecule is CC1CCc2c(cccc2NC2=NCCO2)C1. The molecule has 1 atom stereocenters. The molecule has 0 aromatic heterocycles. The van der Waals surface area contributed by atoms with Crippen molar-refractivity contribution in [2.24, 2.45) is 10.9 Å². The van der Waals surface area contributed by atoms with Crippen molar-refractivity contribution in [2.45, 2.75) is 26.2 Å². The van der Waals surface area contributed by atoms with E-state index in [-0.39, 0.29) is 0 Å². The molecule has 0 fully saturated rings. The van der Waals surface area contributed by atoms with E-state index in [1.807, 2.05) is 0 Å². The van der Waals surface area contributed by atoms with E-state index in [4.69, 9.17) is 4.74 Å². The van der Waals surface area contributed by atoms with Gasteiger partial charge in [0.05, 0.1) is 6.54 Å². The molecule has 0 bridgehead atoms. The Labute approximate surface area is 102 Å². The van der Waals surface area contributed by atoms with Crippen LogP contribution in [-0.2, 0) is 17.6 Å². The van der Waals surface area contributed by atoms with E-state index >= 15 is 0 Å². The van der Waals surface area contributed by atoms with Crippen molar-refractivity contribution in [3.63, 3.8) is 0 Å². The number of hydrogen-bond donors (Lipinski definition) is 1. The summed E-state index contributed by atoms with van der Waals surface area (Å²) in [7, 11) is 0. The molecule has 1 aromatic carbocycles. The second kappa shape index (κ2) is 4.40. The monoisotopic (exact) mass is 230 g/mol. The number of benzene rings is 1. The van der Waals surface area contributed by atoms with Gasteiger partial charge in [-0.3, -0.25) is 0 Å². The van der Waals surface area contributed by atoms with E-state index in [9.17, 15) is 0 Å². The van der Waals surface area contributed by atoms with Gasteiger partial charge in [-0.25, -0.2) is 4.99 Å². The van der Waals surface area contributed by atoms with Crippen molar-refractivity contribution in [1.82, 2.24) is 0 Å². The molecule has 1 aliphatic heterocycles. The molecule has 1 N–H and O–H groups in total. The van der Waals surface area contributed by atoms with Crippen LogP contribution in [0.5, 0.6) is 0 Å². The Bertz CT molecular complexity index is 454. The summed E-state index contributed by atoms with van der Waals surface area (Å²) in [6.45, 7) is 3.80. The molecule has 0 saturated heterocycles. The number of rotatable bonds is 1. The molecule has 1 unspecified atom stereocenters. The Hall–Kier alpha value is -1.51. The number of aliphatic imine (C=N–C) groups is 1. The first kappa shape index (κ1) is 10.6. The van der Waals surface area contributed by atoms with Crippen LogP contribution in [0.3, 0.4) is 0 Å². The molecule has 2 aliphatic rings. The molecule has 1 aromatic rings. The molecule has 1 heterocycles. The normalized spacial score (nSPS) is 22.6. The fraction of sp³-hybridized carbons (Fsp3) is 0.500.